The first kappa shape index (κ1) is 26.6. The van der Waals surface area contributed by atoms with Crippen molar-refractivity contribution in [3.63, 3.8) is 0 Å². The number of alkyl carbamates (subject to hydrolysis) is 1. The number of carbonyl (C=O) groups excluding carboxylic acids is 1. The molecule has 0 spiro atoms. The minimum Gasteiger partial charge on any atom is -0.466 e. The molecule has 1 N–H and O–H groups in total. The summed E-state index contributed by atoms with van der Waals surface area (Å²) < 4.78 is 19.9. The van der Waals surface area contributed by atoms with Gasteiger partial charge in [0.05, 0.1) is 22.0 Å². The van der Waals surface area contributed by atoms with E-state index in [1.54, 1.807) is 28.8 Å². The van der Waals surface area contributed by atoms with Crippen molar-refractivity contribution in [3.8, 4) is 17.1 Å². The molecule has 0 unspecified atom stereocenters. The van der Waals surface area contributed by atoms with Gasteiger partial charge >= 0.3 is 6.09 Å². The summed E-state index contributed by atoms with van der Waals surface area (Å²) in [5.41, 5.74) is 2.21. The summed E-state index contributed by atoms with van der Waals surface area (Å²) in [7, 11) is 3.43. The van der Waals surface area contributed by atoms with Crippen LogP contribution in [0.4, 0.5) is 4.79 Å². The summed E-state index contributed by atoms with van der Waals surface area (Å²) in [6, 6.07) is 3.69. The second kappa shape index (κ2) is 10.3. The Morgan fingerprint density at radius 1 is 1.26 bits per heavy atom. The lowest BCUT2D eigenvalue weighted by atomic mass is 10.0. The van der Waals surface area contributed by atoms with E-state index in [0.717, 1.165) is 29.3 Å². The number of nitrogens with zero attached hydrogens (tertiary/aromatic N) is 5. The minimum absolute atomic E-state index is 0.0359. The van der Waals surface area contributed by atoms with Crippen LogP contribution in [-0.4, -0.2) is 56.0 Å². The molecule has 1 aliphatic rings. The van der Waals surface area contributed by atoms with Gasteiger partial charge in [-0.05, 0) is 59.1 Å². The summed E-state index contributed by atoms with van der Waals surface area (Å²) in [4.78, 5) is 34.9. The van der Waals surface area contributed by atoms with Crippen LogP contribution in [0.15, 0.2) is 35.5 Å². The zero-order chi connectivity index (χ0) is 27.9. The number of amides is 1. The minimum atomic E-state index is -0.560. The third-order valence-corrected chi connectivity index (χ3v) is 6.85. The fraction of sp³-hybridized carbons (Fsp3) is 0.464. The molecule has 5 rings (SSSR count). The first-order chi connectivity index (χ1) is 18.5. The van der Waals surface area contributed by atoms with E-state index in [1.165, 1.54) is 0 Å². The average Bonchev–Trinajstić information content (AvgIpc) is 3.48. The van der Waals surface area contributed by atoms with Gasteiger partial charge < -0.3 is 24.1 Å². The van der Waals surface area contributed by atoms with Crippen molar-refractivity contribution >= 4 is 27.9 Å². The topological polar surface area (TPSA) is 122 Å². The molecule has 39 heavy (non-hydrogen) atoms. The fourth-order valence-electron chi connectivity index (χ4n) is 5.18. The summed E-state index contributed by atoms with van der Waals surface area (Å²) in [6.07, 6.45) is 7.03. The summed E-state index contributed by atoms with van der Waals surface area (Å²) in [6.45, 7) is 7.50. The molecule has 0 aliphatic heterocycles. The summed E-state index contributed by atoms with van der Waals surface area (Å²) >= 11 is 0. The maximum Gasteiger partial charge on any atom is 0.407 e. The largest absolute Gasteiger partial charge is 0.466 e. The van der Waals surface area contributed by atoms with Crippen LogP contribution in [-0.2, 0) is 16.5 Å². The number of fused-ring (bicyclic) bond motifs is 2. The molecule has 11 nitrogen and oxygen atoms in total. The van der Waals surface area contributed by atoms with Gasteiger partial charge in [-0.15, -0.1) is 0 Å². The number of pyridine rings is 1. The van der Waals surface area contributed by atoms with E-state index >= 15 is 0 Å². The molecule has 3 heterocycles. The molecule has 1 aromatic carbocycles. The number of methoxy groups -OCH3 is 1. The van der Waals surface area contributed by atoms with Crippen molar-refractivity contribution in [3.05, 3.63) is 46.6 Å². The molecule has 3 aromatic heterocycles. The second-order valence-corrected chi connectivity index (χ2v) is 11.0. The highest BCUT2D eigenvalue weighted by atomic mass is 16.7. The van der Waals surface area contributed by atoms with Crippen molar-refractivity contribution < 1.29 is 19.0 Å². The number of aromatic nitrogens is 5. The molecule has 1 aliphatic carbocycles. The van der Waals surface area contributed by atoms with Gasteiger partial charge in [-0.2, -0.15) is 5.10 Å². The lowest BCUT2D eigenvalue weighted by Gasteiger charge is -2.22. The van der Waals surface area contributed by atoms with E-state index in [2.05, 4.69) is 15.4 Å². The number of ether oxygens (including phenoxy) is 3. The van der Waals surface area contributed by atoms with Gasteiger partial charge in [0.2, 0.25) is 0 Å². The summed E-state index contributed by atoms with van der Waals surface area (Å²) in [5.74, 6) is 1.03. The Hall–Kier alpha value is -3.99. The third-order valence-electron chi connectivity index (χ3n) is 6.85. The Balaban J connectivity index is 1.44. The SMILES string of the molecule is COCOc1c(-c2ncc3c(=O)n([C@H]4CC[C@@H](NC(=O)OC(C)(C)C)C4)ccc3n2)cc2cn(C)nc2c1C. The van der Waals surface area contributed by atoms with Crippen molar-refractivity contribution in [2.45, 2.75) is 64.6 Å². The molecular weight excluding hydrogens is 500 g/mol. The van der Waals surface area contributed by atoms with E-state index in [1.807, 2.05) is 53.1 Å². The van der Waals surface area contributed by atoms with E-state index in [0.29, 0.717) is 34.5 Å². The van der Waals surface area contributed by atoms with Crippen molar-refractivity contribution in [1.29, 1.82) is 0 Å². The van der Waals surface area contributed by atoms with Crippen LogP contribution < -0.4 is 15.6 Å². The van der Waals surface area contributed by atoms with Gasteiger partial charge in [0, 0.05) is 55.8 Å². The Labute approximate surface area is 226 Å². The quantitative estimate of drug-likeness (QED) is 0.364. The van der Waals surface area contributed by atoms with Gasteiger partial charge in [0.1, 0.15) is 11.4 Å². The fourth-order valence-corrected chi connectivity index (χ4v) is 5.18. The Morgan fingerprint density at radius 2 is 2.05 bits per heavy atom. The highest BCUT2D eigenvalue weighted by molar-refractivity contribution is 5.91. The lowest BCUT2D eigenvalue weighted by Crippen LogP contribution is -2.38. The molecule has 2 atom stereocenters. The molecule has 1 amide bonds. The number of nitrogens with one attached hydrogen (secondary N) is 1. The van der Waals surface area contributed by atoms with Crippen molar-refractivity contribution in [2.75, 3.05) is 13.9 Å². The van der Waals surface area contributed by atoms with Gasteiger partial charge in [0.15, 0.2) is 12.6 Å². The van der Waals surface area contributed by atoms with Crippen LogP contribution >= 0.6 is 0 Å². The van der Waals surface area contributed by atoms with Gasteiger partial charge in [-0.25, -0.2) is 14.8 Å². The number of benzene rings is 1. The van der Waals surface area contributed by atoms with Gasteiger partial charge in [-0.1, -0.05) is 0 Å². The number of hydrogen-bond donors (Lipinski definition) is 1. The Bertz CT molecular complexity index is 1600. The van der Waals surface area contributed by atoms with Gasteiger partial charge in [-0.3, -0.25) is 9.48 Å². The molecule has 0 saturated heterocycles. The standard InChI is InChI=1S/C28H34N6O5/c1-16-23-17(14-33(5)32-23)11-20(24(16)38-15-37-6)25-29-13-21-22(31-25)9-10-34(26(21)35)19-8-7-18(12-19)30-27(36)39-28(2,3)4/h9-11,13-14,18-19H,7-8,12,15H2,1-6H3,(H,30,36)/t18-,19+/m1/s1. The maximum atomic E-state index is 13.4. The summed E-state index contributed by atoms with van der Waals surface area (Å²) in [5, 5.41) is 8.84. The molecule has 0 bridgehead atoms. The van der Waals surface area contributed by atoms with E-state index in [4.69, 9.17) is 19.2 Å². The zero-order valence-corrected chi connectivity index (χ0v) is 23.1. The number of aryl methyl sites for hydroxylation is 2. The Morgan fingerprint density at radius 3 is 2.79 bits per heavy atom. The van der Waals surface area contributed by atoms with E-state index in [9.17, 15) is 9.59 Å². The first-order valence-electron chi connectivity index (χ1n) is 13.0. The van der Waals surface area contributed by atoms with Crippen LogP contribution in [0, 0.1) is 6.92 Å². The predicted octanol–water partition coefficient (Wildman–Crippen LogP) is 4.25. The van der Waals surface area contributed by atoms with Crippen LogP contribution in [0.2, 0.25) is 0 Å². The lowest BCUT2D eigenvalue weighted by molar-refractivity contribution is 0.0502. The van der Waals surface area contributed by atoms with E-state index in [-0.39, 0.29) is 24.4 Å². The van der Waals surface area contributed by atoms with Crippen LogP contribution in [0.25, 0.3) is 33.2 Å². The number of rotatable bonds is 6. The molecule has 11 heteroatoms. The number of carbonyl (C=O) groups is 1. The molecule has 206 valence electrons. The highest BCUT2D eigenvalue weighted by Gasteiger charge is 2.29. The van der Waals surface area contributed by atoms with Crippen LogP contribution in [0.1, 0.15) is 51.6 Å². The highest BCUT2D eigenvalue weighted by Crippen LogP contribution is 2.37. The molecule has 1 fully saturated rings. The van der Waals surface area contributed by atoms with Crippen molar-refractivity contribution in [2.24, 2.45) is 7.05 Å². The normalized spacial score (nSPS) is 17.6. The second-order valence-electron chi connectivity index (χ2n) is 11.0. The van der Waals surface area contributed by atoms with E-state index < -0.39 is 11.7 Å². The first-order valence-corrected chi connectivity index (χ1v) is 13.0. The average molecular weight is 535 g/mol. The molecule has 0 radical (unpaired) electrons. The molecule has 4 aromatic rings. The molecular formula is C28H34N6O5. The number of hydrogen-bond acceptors (Lipinski definition) is 8. The smallest absolute Gasteiger partial charge is 0.407 e. The zero-order valence-electron chi connectivity index (χ0n) is 23.1. The predicted molar refractivity (Wildman–Crippen MR) is 147 cm³/mol. The Kier molecular flexibility index (Phi) is 7.02. The van der Waals surface area contributed by atoms with Crippen LogP contribution in [0.3, 0.4) is 0 Å². The monoisotopic (exact) mass is 534 g/mol. The third kappa shape index (κ3) is 5.44. The van der Waals surface area contributed by atoms with Crippen LogP contribution in [0.5, 0.6) is 5.75 Å². The van der Waals surface area contributed by atoms with Gasteiger partial charge in [0.25, 0.3) is 5.56 Å². The molecule has 1 saturated carbocycles. The van der Waals surface area contributed by atoms with Crippen molar-refractivity contribution in [1.82, 2.24) is 29.6 Å². The maximum absolute atomic E-state index is 13.4.